The topological polar surface area (TPSA) is 69.6 Å². The summed E-state index contributed by atoms with van der Waals surface area (Å²) in [4.78, 5) is 10.7. The van der Waals surface area contributed by atoms with Crippen LogP contribution in [0.4, 0.5) is 0 Å². The number of benzene rings is 1. The van der Waals surface area contributed by atoms with Gasteiger partial charge in [-0.3, -0.25) is 4.79 Å². The summed E-state index contributed by atoms with van der Waals surface area (Å²) in [5, 5.41) is 22.5. The molecular formula is C12H16ClNO3. The highest BCUT2D eigenvalue weighted by atomic mass is 35.5. The molecule has 1 amide bonds. The molecule has 94 valence electrons. The molecule has 5 heteroatoms. The molecular weight excluding hydrogens is 242 g/mol. The van der Waals surface area contributed by atoms with E-state index in [0.717, 1.165) is 5.56 Å². The second kappa shape index (κ2) is 6.00. The minimum absolute atomic E-state index is 0.00198. The van der Waals surface area contributed by atoms with Gasteiger partial charge in [0.15, 0.2) is 0 Å². The number of aliphatic hydroxyl groups is 2. The van der Waals surface area contributed by atoms with E-state index in [1.807, 2.05) is 6.92 Å². The number of halogens is 1. The lowest BCUT2D eigenvalue weighted by Crippen LogP contribution is -2.34. The van der Waals surface area contributed by atoms with Crippen LogP contribution in [0.2, 0.25) is 5.02 Å². The predicted octanol–water partition coefficient (Wildman–Crippen LogP) is 1.18. The SMILES string of the molecule is CC(=O)NCC(O)C(O)c1ccc(C)c(Cl)c1. The van der Waals surface area contributed by atoms with E-state index in [4.69, 9.17) is 11.6 Å². The Labute approximate surface area is 105 Å². The number of hydrogen-bond acceptors (Lipinski definition) is 3. The van der Waals surface area contributed by atoms with Crippen LogP contribution in [-0.4, -0.2) is 28.8 Å². The largest absolute Gasteiger partial charge is 0.388 e. The number of rotatable bonds is 4. The fraction of sp³-hybridized carbons (Fsp3) is 0.417. The van der Waals surface area contributed by atoms with Gasteiger partial charge in [-0.25, -0.2) is 0 Å². The monoisotopic (exact) mass is 257 g/mol. The maximum atomic E-state index is 10.7. The van der Waals surface area contributed by atoms with Crippen molar-refractivity contribution in [2.75, 3.05) is 6.54 Å². The van der Waals surface area contributed by atoms with Gasteiger partial charge in [0.2, 0.25) is 5.91 Å². The molecule has 0 bridgehead atoms. The molecule has 0 saturated carbocycles. The first-order valence-electron chi connectivity index (χ1n) is 5.28. The van der Waals surface area contributed by atoms with Gasteiger partial charge in [-0.2, -0.15) is 0 Å². The van der Waals surface area contributed by atoms with Crippen LogP contribution >= 0.6 is 11.6 Å². The molecule has 0 radical (unpaired) electrons. The smallest absolute Gasteiger partial charge is 0.216 e. The molecule has 1 aromatic rings. The van der Waals surface area contributed by atoms with Gasteiger partial charge in [0.05, 0.1) is 0 Å². The molecule has 17 heavy (non-hydrogen) atoms. The molecule has 2 unspecified atom stereocenters. The lowest BCUT2D eigenvalue weighted by Gasteiger charge is -2.18. The molecule has 3 N–H and O–H groups in total. The van der Waals surface area contributed by atoms with Crippen molar-refractivity contribution in [3.8, 4) is 0 Å². The van der Waals surface area contributed by atoms with Crippen molar-refractivity contribution in [3.05, 3.63) is 34.3 Å². The second-order valence-corrected chi connectivity index (χ2v) is 4.37. The first-order valence-corrected chi connectivity index (χ1v) is 5.66. The molecule has 0 aromatic heterocycles. The molecule has 0 spiro atoms. The third kappa shape index (κ3) is 4.00. The maximum Gasteiger partial charge on any atom is 0.216 e. The summed E-state index contributed by atoms with van der Waals surface area (Å²) in [7, 11) is 0. The molecule has 0 heterocycles. The van der Waals surface area contributed by atoms with E-state index in [1.165, 1.54) is 6.92 Å². The second-order valence-electron chi connectivity index (χ2n) is 3.96. The summed E-state index contributed by atoms with van der Waals surface area (Å²) >= 11 is 5.93. The van der Waals surface area contributed by atoms with E-state index in [0.29, 0.717) is 10.6 Å². The number of hydrogen-bond donors (Lipinski definition) is 3. The Morgan fingerprint density at radius 3 is 2.65 bits per heavy atom. The fourth-order valence-corrected chi connectivity index (χ4v) is 1.56. The standard InChI is InChI=1S/C12H16ClNO3/c1-7-3-4-9(5-10(7)13)12(17)11(16)6-14-8(2)15/h3-5,11-12,16-17H,6H2,1-2H3,(H,14,15). The quantitative estimate of drug-likeness (QED) is 0.759. The van der Waals surface area contributed by atoms with Gasteiger partial charge in [0, 0.05) is 18.5 Å². The van der Waals surface area contributed by atoms with Crippen molar-refractivity contribution in [2.45, 2.75) is 26.1 Å². The van der Waals surface area contributed by atoms with Crippen LogP contribution in [0.3, 0.4) is 0 Å². The molecule has 0 fully saturated rings. The fourth-order valence-electron chi connectivity index (χ4n) is 1.38. The van der Waals surface area contributed by atoms with E-state index < -0.39 is 12.2 Å². The number of carbonyl (C=O) groups is 1. The molecule has 2 atom stereocenters. The summed E-state index contributed by atoms with van der Waals surface area (Å²) in [5.41, 5.74) is 1.43. The molecule has 4 nitrogen and oxygen atoms in total. The van der Waals surface area contributed by atoms with Gasteiger partial charge in [-0.1, -0.05) is 23.7 Å². The number of carbonyl (C=O) groups excluding carboxylic acids is 1. The maximum absolute atomic E-state index is 10.7. The van der Waals surface area contributed by atoms with Crippen LogP contribution in [0.15, 0.2) is 18.2 Å². The van der Waals surface area contributed by atoms with Crippen LogP contribution in [-0.2, 0) is 4.79 Å². The summed E-state index contributed by atoms with van der Waals surface area (Å²) in [6.45, 7) is 3.20. The van der Waals surface area contributed by atoms with E-state index >= 15 is 0 Å². The van der Waals surface area contributed by atoms with Gasteiger partial charge in [-0.15, -0.1) is 0 Å². The highest BCUT2D eigenvalue weighted by Crippen LogP contribution is 2.23. The molecule has 1 aromatic carbocycles. The number of nitrogens with one attached hydrogen (secondary N) is 1. The van der Waals surface area contributed by atoms with Crippen molar-refractivity contribution >= 4 is 17.5 Å². The van der Waals surface area contributed by atoms with Gasteiger partial charge in [0.25, 0.3) is 0 Å². The number of aliphatic hydroxyl groups excluding tert-OH is 2. The highest BCUT2D eigenvalue weighted by Gasteiger charge is 2.19. The van der Waals surface area contributed by atoms with Crippen LogP contribution in [0.5, 0.6) is 0 Å². The zero-order chi connectivity index (χ0) is 13.0. The third-order valence-corrected chi connectivity index (χ3v) is 2.87. The van der Waals surface area contributed by atoms with Gasteiger partial charge in [0.1, 0.15) is 12.2 Å². The Morgan fingerprint density at radius 2 is 2.12 bits per heavy atom. The first kappa shape index (κ1) is 14.0. The minimum atomic E-state index is -1.07. The average Bonchev–Trinajstić information content (AvgIpc) is 2.28. The van der Waals surface area contributed by atoms with E-state index in [9.17, 15) is 15.0 Å². The van der Waals surface area contributed by atoms with Crippen molar-refractivity contribution in [3.63, 3.8) is 0 Å². The Bertz CT molecular complexity index is 409. The highest BCUT2D eigenvalue weighted by molar-refractivity contribution is 6.31. The summed E-state index contributed by atoms with van der Waals surface area (Å²) in [5.74, 6) is -0.252. The number of amides is 1. The average molecular weight is 258 g/mol. The lowest BCUT2D eigenvalue weighted by atomic mass is 10.0. The summed E-state index contributed by atoms with van der Waals surface area (Å²) in [6.07, 6.45) is -2.13. The van der Waals surface area contributed by atoms with E-state index in [1.54, 1.807) is 18.2 Å². The van der Waals surface area contributed by atoms with E-state index in [2.05, 4.69) is 5.32 Å². The first-order chi connectivity index (χ1) is 7.91. The Hall–Kier alpha value is -1.10. The molecule has 0 aliphatic carbocycles. The zero-order valence-electron chi connectivity index (χ0n) is 9.77. The van der Waals surface area contributed by atoms with Gasteiger partial charge >= 0.3 is 0 Å². The summed E-state index contributed by atoms with van der Waals surface area (Å²) in [6, 6.07) is 5.08. The van der Waals surface area contributed by atoms with Crippen molar-refractivity contribution in [1.29, 1.82) is 0 Å². The minimum Gasteiger partial charge on any atom is -0.388 e. The lowest BCUT2D eigenvalue weighted by molar-refractivity contribution is -0.119. The van der Waals surface area contributed by atoms with Gasteiger partial charge < -0.3 is 15.5 Å². The molecule has 0 aliphatic heterocycles. The van der Waals surface area contributed by atoms with E-state index in [-0.39, 0.29) is 12.5 Å². The molecule has 1 rings (SSSR count). The molecule has 0 aliphatic rings. The molecule has 0 saturated heterocycles. The van der Waals surface area contributed by atoms with Crippen molar-refractivity contribution in [1.82, 2.24) is 5.32 Å². The van der Waals surface area contributed by atoms with Crippen LogP contribution < -0.4 is 5.32 Å². The van der Waals surface area contributed by atoms with Crippen LogP contribution in [0.25, 0.3) is 0 Å². The summed E-state index contributed by atoms with van der Waals surface area (Å²) < 4.78 is 0. The van der Waals surface area contributed by atoms with Crippen LogP contribution in [0, 0.1) is 6.92 Å². The third-order valence-electron chi connectivity index (χ3n) is 2.46. The zero-order valence-corrected chi connectivity index (χ0v) is 10.5. The van der Waals surface area contributed by atoms with Gasteiger partial charge in [-0.05, 0) is 24.1 Å². The number of aryl methyl sites for hydroxylation is 1. The Kier molecular flexibility index (Phi) is 4.93. The van der Waals surface area contributed by atoms with Crippen molar-refractivity contribution < 1.29 is 15.0 Å². The normalized spacial score (nSPS) is 14.2. The van der Waals surface area contributed by atoms with Crippen molar-refractivity contribution in [2.24, 2.45) is 0 Å². The Balaban J connectivity index is 2.70. The van der Waals surface area contributed by atoms with Crippen LogP contribution in [0.1, 0.15) is 24.2 Å². The predicted molar refractivity (Wildman–Crippen MR) is 65.8 cm³/mol. The Morgan fingerprint density at radius 1 is 1.47 bits per heavy atom.